The smallest absolute Gasteiger partial charge is 0.407 e. The number of aliphatic carboxylic acids is 1. The third kappa shape index (κ3) is 5.42. The minimum Gasteiger partial charge on any atom is -0.481 e. The third-order valence-electron chi connectivity index (χ3n) is 2.81. The topological polar surface area (TPSA) is 75.6 Å². The third-order valence-corrected chi connectivity index (χ3v) is 2.81. The lowest BCUT2D eigenvalue weighted by atomic mass is 9.90. The zero-order valence-electron chi connectivity index (χ0n) is 11.2. The van der Waals surface area contributed by atoms with Crippen LogP contribution in [-0.4, -0.2) is 23.7 Å². The SMILES string of the molecule is CC(C)(CCNC(=O)OCc1ccccc1)C(=O)O. The van der Waals surface area contributed by atoms with Gasteiger partial charge in [-0.25, -0.2) is 4.79 Å². The normalized spacial score (nSPS) is 10.8. The molecule has 2 N–H and O–H groups in total. The Kier molecular flexibility index (Phi) is 5.36. The molecule has 0 saturated heterocycles. The fraction of sp³-hybridized carbons (Fsp3) is 0.429. The minimum atomic E-state index is -0.882. The maximum atomic E-state index is 11.4. The first-order chi connectivity index (χ1) is 8.92. The Morgan fingerprint density at radius 2 is 1.89 bits per heavy atom. The highest BCUT2D eigenvalue weighted by atomic mass is 16.5. The fourth-order valence-electron chi connectivity index (χ4n) is 1.36. The molecule has 0 radical (unpaired) electrons. The zero-order valence-corrected chi connectivity index (χ0v) is 11.2. The van der Waals surface area contributed by atoms with Crippen LogP contribution in [0.4, 0.5) is 4.79 Å². The molecule has 0 atom stereocenters. The van der Waals surface area contributed by atoms with Crippen LogP contribution < -0.4 is 5.32 Å². The van der Waals surface area contributed by atoms with E-state index >= 15 is 0 Å². The van der Waals surface area contributed by atoms with Crippen LogP contribution in [0.25, 0.3) is 0 Å². The van der Waals surface area contributed by atoms with Crippen molar-refractivity contribution in [3.8, 4) is 0 Å². The molecule has 1 amide bonds. The highest BCUT2D eigenvalue weighted by Gasteiger charge is 2.26. The molecule has 104 valence electrons. The second-order valence-corrected chi connectivity index (χ2v) is 4.93. The van der Waals surface area contributed by atoms with Crippen molar-refractivity contribution in [2.24, 2.45) is 5.41 Å². The Balaban J connectivity index is 2.24. The van der Waals surface area contributed by atoms with E-state index in [1.807, 2.05) is 30.3 Å². The van der Waals surface area contributed by atoms with Gasteiger partial charge >= 0.3 is 12.1 Å². The van der Waals surface area contributed by atoms with Gasteiger partial charge in [0.25, 0.3) is 0 Å². The van der Waals surface area contributed by atoms with Crippen LogP contribution in [-0.2, 0) is 16.1 Å². The van der Waals surface area contributed by atoms with Crippen molar-refractivity contribution in [2.75, 3.05) is 6.54 Å². The Labute approximate surface area is 112 Å². The van der Waals surface area contributed by atoms with Crippen molar-refractivity contribution in [3.63, 3.8) is 0 Å². The number of hydrogen-bond acceptors (Lipinski definition) is 3. The fourth-order valence-corrected chi connectivity index (χ4v) is 1.36. The molecule has 0 aromatic heterocycles. The number of ether oxygens (including phenoxy) is 1. The van der Waals surface area contributed by atoms with Crippen molar-refractivity contribution < 1.29 is 19.4 Å². The zero-order chi connectivity index (χ0) is 14.3. The van der Waals surface area contributed by atoms with Crippen LogP contribution in [0.2, 0.25) is 0 Å². The number of alkyl carbamates (subject to hydrolysis) is 1. The predicted molar refractivity (Wildman–Crippen MR) is 70.7 cm³/mol. The summed E-state index contributed by atoms with van der Waals surface area (Å²) in [5.41, 5.74) is 0.0516. The Morgan fingerprint density at radius 3 is 2.47 bits per heavy atom. The number of hydrogen-bond donors (Lipinski definition) is 2. The number of rotatable bonds is 6. The summed E-state index contributed by atoms with van der Waals surface area (Å²) in [6.07, 6.45) is -0.187. The summed E-state index contributed by atoms with van der Waals surface area (Å²) < 4.78 is 5.01. The van der Waals surface area contributed by atoms with Gasteiger partial charge in [-0.2, -0.15) is 0 Å². The number of carbonyl (C=O) groups is 2. The first-order valence-corrected chi connectivity index (χ1v) is 6.10. The van der Waals surface area contributed by atoms with Gasteiger partial charge in [-0.3, -0.25) is 4.79 Å². The first kappa shape index (κ1) is 15.0. The summed E-state index contributed by atoms with van der Waals surface area (Å²) in [5.74, 6) is -0.882. The van der Waals surface area contributed by atoms with E-state index in [-0.39, 0.29) is 13.2 Å². The molecule has 1 aromatic rings. The maximum absolute atomic E-state index is 11.4. The maximum Gasteiger partial charge on any atom is 0.407 e. The molecular weight excluding hydrogens is 246 g/mol. The van der Waals surface area contributed by atoms with E-state index in [1.54, 1.807) is 13.8 Å². The molecular formula is C14H19NO4. The van der Waals surface area contributed by atoms with Gasteiger partial charge in [0.05, 0.1) is 5.41 Å². The first-order valence-electron chi connectivity index (χ1n) is 6.10. The van der Waals surface area contributed by atoms with Gasteiger partial charge in [-0.1, -0.05) is 30.3 Å². The van der Waals surface area contributed by atoms with Gasteiger partial charge < -0.3 is 15.2 Å². The second-order valence-electron chi connectivity index (χ2n) is 4.93. The number of carboxylic acids is 1. The summed E-state index contributed by atoms with van der Waals surface area (Å²) in [7, 11) is 0. The molecule has 0 bridgehead atoms. The van der Waals surface area contributed by atoms with Crippen LogP contribution in [0.1, 0.15) is 25.8 Å². The predicted octanol–water partition coefficient (Wildman–Crippen LogP) is 2.41. The highest BCUT2D eigenvalue weighted by Crippen LogP contribution is 2.19. The number of carbonyl (C=O) groups excluding carboxylic acids is 1. The Bertz CT molecular complexity index is 428. The number of benzene rings is 1. The molecule has 0 aliphatic rings. The van der Waals surface area contributed by atoms with E-state index in [0.717, 1.165) is 5.56 Å². The van der Waals surface area contributed by atoms with E-state index in [1.165, 1.54) is 0 Å². The van der Waals surface area contributed by atoms with Crippen molar-refractivity contribution in [3.05, 3.63) is 35.9 Å². The van der Waals surface area contributed by atoms with E-state index < -0.39 is 17.5 Å². The van der Waals surface area contributed by atoms with Gasteiger partial charge in [-0.05, 0) is 25.8 Å². The Morgan fingerprint density at radius 1 is 1.26 bits per heavy atom. The average Bonchev–Trinajstić information content (AvgIpc) is 2.37. The summed E-state index contributed by atoms with van der Waals surface area (Å²) in [6.45, 7) is 3.71. The lowest BCUT2D eigenvalue weighted by Gasteiger charge is -2.18. The second kappa shape index (κ2) is 6.78. The van der Waals surface area contributed by atoms with E-state index in [0.29, 0.717) is 6.42 Å². The van der Waals surface area contributed by atoms with Crippen LogP contribution in [0.5, 0.6) is 0 Å². The van der Waals surface area contributed by atoms with Crippen molar-refractivity contribution in [2.45, 2.75) is 26.9 Å². The van der Waals surface area contributed by atoms with E-state index in [4.69, 9.17) is 9.84 Å². The summed E-state index contributed by atoms with van der Waals surface area (Å²) in [6, 6.07) is 9.34. The number of amides is 1. The molecule has 1 rings (SSSR count). The van der Waals surface area contributed by atoms with Gasteiger partial charge in [0.2, 0.25) is 0 Å². The number of nitrogens with one attached hydrogen (secondary N) is 1. The van der Waals surface area contributed by atoms with Gasteiger partial charge in [-0.15, -0.1) is 0 Å². The molecule has 19 heavy (non-hydrogen) atoms. The van der Waals surface area contributed by atoms with Crippen LogP contribution in [0.15, 0.2) is 30.3 Å². The quantitative estimate of drug-likeness (QED) is 0.828. The summed E-state index contributed by atoms with van der Waals surface area (Å²) >= 11 is 0. The Hall–Kier alpha value is -2.04. The van der Waals surface area contributed by atoms with Gasteiger partial charge in [0.15, 0.2) is 0 Å². The standard InChI is InChI=1S/C14H19NO4/c1-14(2,12(16)17)8-9-15-13(18)19-10-11-6-4-3-5-7-11/h3-7H,8-10H2,1-2H3,(H,15,18)(H,16,17). The van der Waals surface area contributed by atoms with E-state index in [2.05, 4.69) is 5.32 Å². The largest absolute Gasteiger partial charge is 0.481 e. The molecule has 0 fully saturated rings. The summed E-state index contributed by atoms with van der Waals surface area (Å²) in [4.78, 5) is 22.3. The molecule has 5 nitrogen and oxygen atoms in total. The molecule has 0 saturated carbocycles. The lowest BCUT2D eigenvalue weighted by Crippen LogP contribution is -2.32. The van der Waals surface area contributed by atoms with Crippen molar-refractivity contribution in [1.82, 2.24) is 5.32 Å². The average molecular weight is 265 g/mol. The van der Waals surface area contributed by atoms with E-state index in [9.17, 15) is 9.59 Å². The molecule has 0 aliphatic heterocycles. The molecule has 5 heteroatoms. The molecule has 0 unspecified atom stereocenters. The minimum absolute atomic E-state index is 0.203. The van der Waals surface area contributed by atoms with Crippen LogP contribution in [0.3, 0.4) is 0 Å². The lowest BCUT2D eigenvalue weighted by molar-refractivity contribution is -0.147. The van der Waals surface area contributed by atoms with Crippen LogP contribution >= 0.6 is 0 Å². The molecule has 0 heterocycles. The van der Waals surface area contributed by atoms with Crippen LogP contribution in [0, 0.1) is 5.41 Å². The molecule has 0 aliphatic carbocycles. The number of carboxylic acid groups (broad SMARTS) is 1. The van der Waals surface area contributed by atoms with Gasteiger partial charge in [0.1, 0.15) is 6.61 Å². The molecule has 1 aromatic carbocycles. The van der Waals surface area contributed by atoms with Gasteiger partial charge in [0, 0.05) is 6.54 Å². The van der Waals surface area contributed by atoms with Crippen molar-refractivity contribution in [1.29, 1.82) is 0 Å². The molecule has 0 spiro atoms. The summed E-state index contributed by atoms with van der Waals surface area (Å²) in [5, 5.41) is 11.5. The highest BCUT2D eigenvalue weighted by molar-refractivity contribution is 5.73. The monoisotopic (exact) mass is 265 g/mol. The van der Waals surface area contributed by atoms with Crippen molar-refractivity contribution >= 4 is 12.1 Å².